The summed E-state index contributed by atoms with van der Waals surface area (Å²) >= 11 is 11.8. The van der Waals surface area contributed by atoms with Crippen LogP contribution in [0.5, 0.6) is 0 Å². The van der Waals surface area contributed by atoms with Crippen LogP contribution < -0.4 is 10.0 Å². The van der Waals surface area contributed by atoms with E-state index in [-0.39, 0.29) is 23.8 Å². The molecule has 1 heterocycles. The predicted octanol–water partition coefficient (Wildman–Crippen LogP) is 2.66. The van der Waals surface area contributed by atoms with Gasteiger partial charge in [0, 0.05) is 6.54 Å². The van der Waals surface area contributed by atoms with Gasteiger partial charge in [0.1, 0.15) is 6.10 Å². The molecule has 0 fully saturated rings. The highest BCUT2D eigenvalue weighted by Crippen LogP contribution is 2.22. The molecule has 0 aromatic heterocycles. The summed E-state index contributed by atoms with van der Waals surface area (Å²) in [5.41, 5.74) is 0.798. The van der Waals surface area contributed by atoms with Gasteiger partial charge < -0.3 is 15.2 Å². The molecule has 2 aromatic rings. The number of benzene rings is 2. The van der Waals surface area contributed by atoms with Crippen LogP contribution in [-0.2, 0) is 26.1 Å². The first kappa shape index (κ1) is 23.7. The minimum atomic E-state index is -3.78. The Morgan fingerprint density at radius 1 is 1.06 bits per heavy atom. The van der Waals surface area contributed by atoms with Crippen LogP contribution in [0.15, 0.2) is 65.6 Å². The lowest BCUT2D eigenvalue weighted by molar-refractivity contribution is -0.125. The highest BCUT2D eigenvalue weighted by molar-refractivity contribution is 7.89. The number of halogens is 2. The lowest BCUT2D eigenvalue weighted by Crippen LogP contribution is -2.48. The minimum Gasteiger partial charge on any atom is -0.394 e. The topological polar surface area (TPSA) is 105 Å². The fraction of sp³-hybridized carbons (Fsp3) is 0.286. The van der Waals surface area contributed by atoms with E-state index in [1.807, 2.05) is 0 Å². The first-order valence-corrected chi connectivity index (χ1v) is 11.7. The van der Waals surface area contributed by atoms with Crippen molar-refractivity contribution in [3.05, 3.63) is 76.3 Å². The maximum atomic E-state index is 12.5. The van der Waals surface area contributed by atoms with Crippen LogP contribution >= 0.6 is 23.2 Å². The molecule has 0 saturated carbocycles. The zero-order valence-corrected chi connectivity index (χ0v) is 18.7. The van der Waals surface area contributed by atoms with Gasteiger partial charge in [-0.2, -0.15) is 0 Å². The number of amides is 1. The molecule has 0 saturated heterocycles. The molecule has 1 amide bonds. The van der Waals surface area contributed by atoms with Crippen LogP contribution in [-0.4, -0.2) is 44.3 Å². The number of aliphatic hydroxyl groups excluding tert-OH is 1. The van der Waals surface area contributed by atoms with Gasteiger partial charge in [-0.25, -0.2) is 13.1 Å². The summed E-state index contributed by atoms with van der Waals surface area (Å²) in [5, 5.41) is 13.3. The average molecular weight is 485 g/mol. The molecule has 31 heavy (non-hydrogen) atoms. The molecule has 1 aliphatic heterocycles. The Balaban J connectivity index is 1.57. The summed E-state index contributed by atoms with van der Waals surface area (Å²) < 4.78 is 33.3. The first-order chi connectivity index (χ1) is 14.8. The van der Waals surface area contributed by atoms with Crippen molar-refractivity contribution in [1.82, 2.24) is 10.0 Å². The number of aliphatic hydroxyl groups is 1. The summed E-state index contributed by atoms with van der Waals surface area (Å²) in [6.45, 7) is -0.136. The van der Waals surface area contributed by atoms with Crippen LogP contribution in [0, 0.1) is 0 Å². The maximum absolute atomic E-state index is 12.5. The van der Waals surface area contributed by atoms with Gasteiger partial charge in [-0.05, 0) is 29.8 Å². The van der Waals surface area contributed by atoms with E-state index in [0.717, 1.165) is 5.56 Å². The third kappa shape index (κ3) is 6.52. The van der Waals surface area contributed by atoms with Crippen molar-refractivity contribution < 1.29 is 23.1 Å². The van der Waals surface area contributed by atoms with Gasteiger partial charge in [-0.15, -0.1) is 0 Å². The van der Waals surface area contributed by atoms with E-state index in [1.165, 1.54) is 12.1 Å². The Morgan fingerprint density at radius 3 is 2.48 bits per heavy atom. The second-order valence-corrected chi connectivity index (χ2v) is 9.50. The lowest BCUT2D eigenvalue weighted by Gasteiger charge is -2.31. The standard InChI is InChI=1S/C21H22Cl2N2O5S/c22-17-8-6-14(10-18(17)23)12-24-21(27)11-15-7-9-19(20(13-26)30-15)25-31(28,29)16-4-2-1-3-5-16/h1-10,15,19-20,25-26H,11-13H2,(H,24,27)/t15-,19+,20+/m0/s1. The Bertz CT molecular complexity index is 1050. The number of nitrogens with one attached hydrogen (secondary N) is 2. The van der Waals surface area contributed by atoms with Crippen molar-refractivity contribution >= 4 is 39.1 Å². The van der Waals surface area contributed by atoms with Crippen molar-refractivity contribution in [2.75, 3.05) is 6.61 Å². The molecule has 0 spiro atoms. The van der Waals surface area contributed by atoms with Gasteiger partial charge in [0.05, 0.1) is 40.1 Å². The summed E-state index contributed by atoms with van der Waals surface area (Å²) in [6, 6.07) is 12.2. The Hall–Kier alpha value is -1.94. The largest absolute Gasteiger partial charge is 0.394 e. The van der Waals surface area contributed by atoms with Gasteiger partial charge in [-0.3, -0.25) is 4.79 Å². The zero-order valence-electron chi connectivity index (χ0n) is 16.4. The van der Waals surface area contributed by atoms with E-state index >= 15 is 0 Å². The number of ether oxygens (including phenoxy) is 1. The van der Waals surface area contributed by atoms with Gasteiger partial charge in [0.25, 0.3) is 0 Å². The van der Waals surface area contributed by atoms with Crippen molar-refractivity contribution in [2.24, 2.45) is 0 Å². The number of sulfonamides is 1. The second-order valence-electron chi connectivity index (χ2n) is 6.97. The summed E-state index contributed by atoms with van der Waals surface area (Å²) in [4.78, 5) is 12.4. The third-order valence-electron chi connectivity index (χ3n) is 4.67. The summed E-state index contributed by atoms with van der Waals surface area (Å²) in [6.07, 6.45) is 1.82. The third-order valence-corrected chi connectivity index (χ3v) is 6.88. The number of carbonyl (C=O) groups excluding carboxylic acids is 1. The molecule has 7 nitrogen and oxygen atoms in total. The van der Waals surface area contributed by atoms with Crippen LogP contribution in [0.1, 0.15) is 12.0 Å². The molecule has 0 radical (unpaired) electrons. The van der Waals surface area contributed by atoms with Crippen LogP contribution in [0.3, 0.4) is 0 Å². The van der Waals surface area contributed by atoms with Crippen molar-refractivity contribution in [2.45, 2.75) is 36.1 Å². The highest BCUT2D eigenvalue weighted by atomic mass is 35.5. The van der Waals surface area contributed by atoms with E-state index in [2.05, 4.69) is 10.0 Å². The van der Waals surface area contributed by atoms with Crippen molar-refractivity contribution in [3.8, 4) is 0 Å². The van der Waals surface area contributed by atoms with Crippen LogP contribution in [0.25, 0.3) is 0 Å². The predicted molar refractivity (Wildman–Crippen MR) is 118 cm³/mol. The first-order valence-electron chi connectivity index (χ1n) is 9.51. The molecule has 0 unspecified atom stereocenters. The van der Waals surface area contributed by atoms with Crippen LogP contribution in [0.4, 0.5) is 0 Å². The van der Waals surface area contributed by atoms with Gasteiger partial charge in [0.15, 0.2) is 0 Å². The SMILES string of the molecule is O=C(C[C@@H]1C=C[C@@H](NS(=O)(=O)c2ccccc2)[C@@H](CO)O1)NCc1ccc(Cl)c(Cl)c1. The van der Waals surface area contributed by atoms with E-state index in [0.29, 0.717) is 10.0 Å². The number of carbonyl (C=O) groups is 1. The normalized spacial score (nSPS) is 21.1. The Labute approximate surface area is 191 Å². The Kier molecular flexibility index (Phi) is 8.10. The quantitative estimate of drug-likeness (QED) is 0.499. The van der Waals surface area contributed by atoms with E-state index in [4.69, 9.17) is 27.9 Å². The van der Waals surface area contributed by atoms with Crippen molar-refractivity contribution in [1.29, 1.82) is 0 Å². The summed E-state index contributed by atoms with van der Waals surface area (Å²) in [7, 11) is -3.78. The minimum absolute atomic E-state index is 0.0203. The fourth-order valence-corrected chi connectivity index (χ4v) is 4.62. The number of hydrogen-bond donors (Lipinski definition) is 3. The number of hydrogen-bond acceptors (Lipinski definition) is 5. The van der Waals surface area contributed by atoms with Gasteiger partial charge in [0.2, 0.25) is 15.9 Å². The molecule has 3 rings (SSSR count). The molecule has 1 aliphatic rings. The molecule has 2 aromatic carbocycles. The number of rotatable bonds is 8. The second kappa shape index (κ2) is 10.6. The van der Waals surface area contributed by atoms with E-state index < -0.39 is 34.9 Å². The molecule has 3 N–H and O–H groups in total. The van der Waals surface area contributed by atoms with Gasteiger partial charge in [-0.1, -0.05) is 59.6 Å². The van der Waals surface area contributed by atoms with Crippen molar-refractivity contribution in [3.63, 3.8) is 0 Å². The molecule has 166 valence electrons. The van der Waals surface area contributed by atoms with Gasteiger partial charge >= 0.3 is 0 Å². The highest BCUT2D eigenvalue weighted by Gasteiger charge is 2.31. The molecule has 0 aliphatic carbocycles. The smallest absolute Gasteiger partial charge is 0.241 e. The van der Waals surface area contributed by atoms with E-state index in [1.54, 1.807) is 48.6 Å². The molecule has 3 atom stereocenters. The maximum Gasteiger partial charge on any atom is 0.241 e. The monoisotopic (exact) mass is 484 g/mol. The molecule has 0 bridgehead atoms. The fourth-order valence-electron chi connectivity index (χ4n) is 3.06. The molecular weight excluding hydrogens is 463 g/mol. The Morgan fingerprint density at radius 2 is 1.81 bits per heavy atom. The molecule has 10 heteroatoms. The summed E-state index contributed by atoms with van der Waals surface area (Å²) in [5.74, 6) is -0.263. The van der Waals surface area contributed by atoms with Crippen LogP contribution in [0.2, 0.25) is 10.0 Å². The lowest BCUT2D eigenvalue weighted by atomic mass is 10.1. The average Bonchev–Trinajstić information content (AvgIpc) is 2.76. The zero-order chi connectivity index (χ0) is 22.4. The molecular formula is C21H22Cl2N2O5S. The van der Waals surface area contributed by atoms with E-state index in [9.17, 15) is 18.3 Å².